The zero-order chi connectivity index (χ0) is 10.5. The van der Waals surface area contributed by atoms with Gasteiger partial charge in [0.05, 0.1) is 17.4 Å². The van der Waals surface area contributed by atoms with Crippen molar-refractivity contribution in [2.45, 2.75) is 12.8 Å². The van der Waals surface area contributed by atoms with Crippen LogP contribution in [0.2, 0.25) is 0 Å². The van der Waals surface area contributed by atoms with E-state index in [0.717, 1.165) is 5.52 Å². The zero-order valence-electron chi connectivity index (χ0n) is 8.46. The minimum Gasteiger partial charge on any atom is -0.345 e. The molecule has 0 bridgehead atoms. The molecule has 1 aromatic carbocycles. The Morgan fingerprint density at radius 2 is 2.00 bits per heavy atom. The molecule has 0 saturated carbocycles. The molecule has 0 aliphatic carbocycles. The third kappa shape index (κ3) is 2.76. The highest BCUT2D eigenvalue weighted by Crippen LogP contribution is 2.09. The van der Waals surface area contributed by atoms with Crippen LogP contribution in [0.4, 0.5) is 4.39 Å². The van der Waals surface area contributed by atoms with E-state index < -0.39 is 0 Å². The maximum atomic E-state index is 12.5. The SMILES string of the molecule is C1CCNC1.Fc1ccc2[nH]cnc2c1. The number of aromatic nitrogens is 2. The van der Waals surface area contributed by atoms with E-state index in [4.69, 9.17) is 0 Å². The van der Waals surface area contributed by atoms with E-state index in [2.05, 4.69) is 15.3 Å². The number of hydrogen-bond donors (Lipinski definition) is 2. The highest BCUT2D eigenvalue weighted by molar-refractivity contribution is 5.73. The summed E-state index contributed by atoms with van der Waals surface area (Å²) in [4.78, 5) is 6.75. The van der Waals surface area contributed by atoms with Crippen molar-refractivity contribution in [3.63, 3.8) is 0 Å². The van der Waals surface area contributed by atoms with Crippen LogP contribution in [-0.4, -0.2) is 23.1 Å². The first kappa shape index (κ1) is 10.1. The summed E-state index contributed by atoms with van der Waals surface area (Å²) < 4.78 is 12.5. The molecule has 0 radical (unpaired) electrons. The lowest BCUT2D eigenvalue weighted by molar-refractivity contribution is 0.629. The summed E-state index contributed by atoms with van der Waals surface area (Å²) in [7, 11) is 0. The van der Waals surface area contributed by atoms with Crippen LogP contribution in [0.1, 0.15) is 12.8 Å². The van der Waals surface area contributed by atoms with Crippen molar-refractivity contribution in [2.75, 3.05) is 13.1 Å². The predicted octanol–water partition coefficient (Wildman–Crippen LogP) is 2.07. The number of rotatable bonds is 0. The first-order chi connectivity index (χ1) is 7.36. The van der Waals surface area contributed by atoms with Crippen LogP contribution >= 0.6 is 0 Å². The average Bonchev–Trinajstić information content (AvgIpc) is 2.91. The molecule has 4 heteroatoms. The van der Waals surface area contributed by atoms with Gasteiger partial charge in [-0.2, -0.15) is 0 Å². The van der Waals surface area contributed by atoms with Gasteiger partial charge < -0.3 is 10.3 Å². The summed E-state index contributed by atoms with van der Waals surface area (Å²) in [6, 6.07) is 4.46. The van der Waals surface area contributed by atoms with Crippen LogP contribution in [0.15, 0.2) is 24.5 Å². The van der Waals surface area contributed by atoms with Gasteiger partial charge in [-0.05, 0) is 38.1 Å². The highest BCUT2D eigenvalue weighted by Gasteiger charge is 1.95. The Hall–Kier alpha value is -1.42. The van der Waals surface area contributed by atoms with Crippen LogP contribution in [0, 0.1) is 5.82 Å². The van der Waals surface area contributed by atoms with Gasteiger partial charge in [-0.1, -0.05) is 0 Å². The van der Waals surface area contributed by atoms with E-state index in [9.17, 15) is 4.39 Å². The first-order valence-corrected chi connectivity index (χ1v) is 5.15. The summed E-state index contributed by atoms with van der Waals surface area (Å²) in [5.41, 5.74) is 1.53. The summed E-state index contributed by atoms with van der Waals surface area (Å²) >= 11 is 0. The number of aromatic amines is 1. The second-order valence-corrected chi connectivity index (χ2v) is 3.52. The van der Waals surface area contributed by atoms with Gasteiger partial charge >= 0.3 is 0 Å². The Morgan fingerprint density at radius 3 is 2.67 bits per heavy atom. The molecule has 80 valence electrons. The van der Waals surface area contributed by atoms with Crippen LogP contribution in [-0.2, 0) is 0 Å². The van der Waals surface area contributed by atoms with Crippen LogP contribution < -0.4 is 5.32 Å². The fourth-order valence-corrected chi connectivity index (χ4v) is 1.53. The normalized spacial score (nSPS) is 15.0. The Morgan fingerprint density at radius 1 is 1.20 bits per heavy atom. The average molecular weight is 207 g/mol. The molecule has 2 aromatic rings. The lowest BCUT2D eigenvalue weighted by Gasteiger charge is -1.85. The number of H-pyrrole nitrogens is 1. The van der Waals surface area contributed by atoms with E-state index in [-0.39, 0.29) is 5.82 Å². The molecule has 1 saturated heterocycles. The van der Waals surface area contributed by atoms with Crippen molar-refractivity contribution in [1.29, 1.82) is 0 Å². The van der Waals surface area contributed by atoms with E-state index in [1.165, 1.54) is 38.1 Å². The van der Waals surface area contributed by atoms with E-state index in [0.29, 0.717) is 5.52 Å². The maximum absolute atomic E-state index is 12.5. The number of halogens is 1. The second-order valence-electron chi connectivity index (χ2n) is 3.52. The monoisotopic (exact) mass is 207 g/mol. The van der Waals surface area contributed by atoms with Crippen molar-refractivity contribution in [3.05, 3.63) is 30.3 Å². The minimum absolute atomic E-state index is 0.250. The third-order valence-corrected chi connectivity index (χ3v) is 2.34. The van der Waals surface area contributed by atoms with Crippen LogP contribution in [0.25, 0.3) is 11.0 Å². The van der Waals surface area contributed by atoms with E-state index >= 15 is 0 Å². The number of benzene rings is 1. The summed E-state index contributed by atoms with van der Waals surface area (Å²) in [6.07, 6.45) is 4.32. The number of nitrogens with zero attached hydrogens (tertiary/aromatic N) is 1. The van der Waals surface area contributed by atoms with Crippen molar-refractivity contribution in [2.24, 2.45) is 0 Å². The molecule has 0 atom stereocenters. The molecule has 15 heavy (non-hydrogen) atoms. The molecule has 0 unspecified atom stereocenters. The Kier molecular flexibility index (Phi) is 3.29. The van der Waals surface area contributed by atoms with Gasteiger partial charge in [0.2, 0.25) is 0 Å². The number of hydrogen-bond acceptors (Lipinski definition) is 2. The van der Waals surface area contributed by atoms with Gasteiger partial charge in [-0.15, -0.1) is 0 Å². The fraction of sp³-hybridized carbons (Fsp3) is 0.364. The molecular weight excluding hydrogens is 193 g/mol. The molecule has 2 heterocycles. The van der Waals surface area contributed by atoms with Gasteiger partial charge in [-0.25, -0.2) is 9.37 Å². The van der Waals surface area contributed by atoms with Crippen molar-refractivity contribution >= 4 is 11.0 Å². The van der Waals surface area contributed by atoms with Gasteiger partial charge in [0, 0.05) is 6.07 Å². The molecule has 2 N–H and O–H groups in total. The Bertz CT molecular complexity index is 413. The smallest absolute Gasteiger partial charge is 0.125 e. The summed E-state index contributed by atoms with van der Waals surface area (Å²) in [5.74, 6) is -0.250. The zero-order valence-corrected chi connectivity index (χ0v) is 8.46. The summed E-state index contributed by atoms with van der Waals surface area (Å²) in [6.45, 7) is 2.50. The van der Waals surface area contributed by atoms with Crippen molar-refractivity contribution in [3.8, 4) is 0 Å². The van der Waals surface area contributed by atoms with Gasteiger partial charge in [0.15, 0.2) is 0 Å². The molecule has 1 aliphatic rings. The Balaban J connectivity index is 0.000000144. The van der Waals surface area contributed by atoms with Gasteiger partial charge in [-0.3, -0.25) is 0 Å². The molecule has 3 rings (SSSR count). The summed E-state index contributed by atoms with van der Waals surface area (Å²) in [5, 5.41) is 3.22. The quantitative estimate of drug-likeness (QED) is 0.694. The lowest BCUT2D eigenvalue weighted by atomic mass is 10.3. The lowest BCUT2D eigenvalue weighted by Crippen LogP contribution is -2.03. The molecule has 0 spiro atoms. The van der Waals surface area contributed by atoms with Gasteiger partial charge in [0.1, 0.15) is 5.82 Å². The first-order valence-electron chi connectivity index (χ1n) is 5.15. The molecule has 1 aromatic heterocycles. The fourth-order valence-electron chi connectivity index (χ4n) is 1.53. The molecular formula is C11H14FN3. The third-order valence-electron chi connectivity index (χ3n) is 2.34. The van der Waals surface area contributed by atoms with E-state index in [1.54, 1.807) is 12.4 Å². The highest BCUT2D eigenvalue weighted by atomic mass is 19.1. The van der Waals surface area contributed by atoms with Crippen molar-refractivity contribution < 1.29 is 4.39 Å². The number of nitrogens with one attached hydrogen (secondary N) is 2. The van der Waals surface area contributed by atoms with E-state index in [1.807, 2.05) is 0 Å². The van der Waals surface area contributed by atoms with Crippen LogP contribution in [0.5, 0.6) is 0 Å². The number of imidazole rings is 1. The molecule has 1 fully saturated rings. The Labute approximate surface area is 87.7 Å². The van der Waals surface area contributed by atoms with Crippen molar-refractivity contribution in [1.82, 2.24) is 15.3 Å². The second kappa shape index (κ2) is 4.89. The predicted molar refractivity (Wildman–Crippen MR) is 58.2 cm³/mol. The largest absolute Gasteiger partial charge is 0.345 e. The topological polar surface area (TPSA) is 40.7 Å². The molecule has 1 aliphatic heterocycles. The molecule has 0 amide bonds. The maximum Gasteiger partial charge on any atom is 0.125 e. The van der Waals surface area contributed by atoms with Gasteiger partial charge in [0.25, 0.3) is 0 Å². The standard InChI is InChI=1S/C7H5FN2.C4H9N/c8-5-1-2-6-7(3-5)10-4-9-6;1-2-4-5-3-1/h1-4H,(H,9,10);5H,1-4H2. The minimum atomic E-state index is -0.250. The number of fused-ring (bicyclic) bond motifs is 1. The van der Waals surface area contributed by atoms with Crippen LogP contribution in [0.3, 0.4) is 0 Å². The molecule has 3 nitrogen and oxygen atoms in total.